The molecule has 2 aromatic heterocycles. The molecule has 3 rings (SSSR count). The van der Waals surface area contributed by atoms with Crippen molar-refractivity contribution in [3.05, 3.63) is 39.5 Å². The molecule has 1 aliphatic carbocycles. The first kappa shape index (κ1) is 15.9. The third-order valence-electron chi connectivity index (χ3n) is 3.37. The van der Waals surface area contributed by atoms with Crippen LogP contribution in [0.4, 0.5) is 17.3 Å². The predicted molar refractivity (Wildman–Crippen MR) is 87.3 cm³/mol. The second kappa shape index (κ2) is 6.28. The van der Waals surface area contributed by atoms with E-state index in [0.717, 1.165) is 12.8 Å². The molecule has 0 unspecified atom stereocenters. The molecule has 124 valence electrons. The molecule has 2 amide bonds. The number of primary amides is 1. The lowest BCUT2D eigenvalue weighted by atomic mass is 10.3. The van der Waals surface area contributed by atoms with Gasteiger partial charge in [-0.3, -0.25) is 14.4 Å². The van der Waals surface area contributed by atoms with Crippen LogP contribution < -0.4 is 21.9 Å². The molecule has 1 fully saturated rings. The maximum Gasteiger partial charge on any atom is 0.272 e. The molecular weight excluding hydrogens is 336 g/mol. The lowest BCUT2D eigenvalue weighted by Crippen LogP contribution is -2.21. The van der Waals surface area contributed by atoms with E-state index in [1.807, 2.05) is 0 Å². The quantitative estimate of drug-likeness (QED) is 0.635. The van der Waals surface area contributed by atoms with Gasteiger partial charge in [0, 0.05) is 12.0 Å². The van der Waals surface area contributed by atoms with Crippen molar-refractivity contribution in [2.24, 2.45) is 11.7 Å². The lowest BCUT2D eigenvalue weighted by molar-refractivity contribution is -0.117. The minimum absolute atomic E-state index is 0.000848. The van der Waals surface area contributed by atoms with Gasteiger partial charge in [-0.25, -0.2) is 9.97 Å². The number of aromatic nitrogens is 3. The Morgan fingerprint density at radius 3 is 2.62 bits per heavy atom. The van der Waals surface area contributed by atoms with E-state index in [0.29, 0.717) is 5.82 Å². The van der Waals surface area contributed by atoms with Crippen molar-refractivity contribution in [1.82, 2.24) is 15.0 Å². The van der Waals surface area contributed by atoms with Crippen LogP contribution in [0.25, 0.3) is 0 Å². The van der Waals surface area contributed by atoms with E-state index >= 15 is 0 Å². The second-order valence-electron chi connectivity index (χ2n) is 5.28. The fourth-order valence-corrected chi connectivity index (χ4v) is 2.23. The van der Waals surface area contributed by atoms with E-state index in [-0.39, 0.29) is 34.0 Å². The summed E-state index contributed by atoms with van der Waals surface area (Å²) in [6.45, 7) is 0. The van der Waals surface area contributed by atoms with Gasteiger partial charge in [-0.2, -0.15) is 0 Å². The number of nitrogens with zero attached hydrogens (tertiary/aromatic N) is 2. The number of pyridine rings is 1. The van der Waals surface area contributed by atoms with Crippen molar-refractivity contribution in [1.29, 1.82) is 0 Å². The third-order valence-corrected chi connectivity index (χ3v) is 3.67. The number of rotatable bonds is 5. The summed E-state index contributed by atoms with van der Waals surface area (Å²) in [5.74, 6) is -0.286. The van der Waals surface area contributed by atoms with Crippen LogP contribution in [0.1, 0.15) is 23.3 Å². The van der Waals surface area contributed by atoms with Crippen molar-refractivity contribution < 1.29 is 9.59 Å². The second-order valence-corrected chi connectivity index (χ2v) is 5.68. The number of carbonyl (C=O) groups excluding carboxylic acids is 2. The molecule has 2 heterocycles. The van der Waals surface area contributed by atoms with E-state index in [1.165, 1.54) is 18.5 Å². The van der Waals surface area contributed by atoms with Crippen LogP contribution in [0.15, 0.2) is 23.3 Å². The monoisotopic (exact) mass is 348 g/mol. The van der Waals surface area contributed by atoms with Gasteiger partial charge in [0.25, 0.3) is 11.5 Å². The fourth-order valence-electron chi connectivity index (χ4n) is 1.98. The molecule has 0 atom stereocenters. The summed E-state index contributed by atoms with van der Waals surface area (Å²) in [5.41, 5.74) is 4.42. The van der Waals surface area contributed by atoms with Crippen molar-refractivity contribution in [3.8, 4) is 0 Å². The summed E-state index contributed by atoms with van der Waals surface area (Å²) in [6.07, 6.45) is 3.00. The fraction of sp³-hybridized carbons (Fsp3) is 0.214. The van der Waals surface area contributed by atoms with Crippen LogP contribution in [0.2, 0.25) is 5.02 Å². The lowest BCUT2D eigenvalue weighted by Gasteiger charge is -2.08. The van der Waals surface area contributed by atoms with Crippen LogP contribution in [-0.2, 0) is 4.79 Å². The van der Waals surface area contributed by atoms with Crippen molar-refractivity contribution in [2.45, 2.75) is 12.8 Å². The standard InChI is InChI=1S/C14H13ClN6O3/c15-7-3-8(14(24)21-11(7)12(16)22)19-9-4-10(18-5-17-9)20-13(23)6-1-2-6/h3-6H,1-2H2,(H2,16,22)(H,21,24)(H2,17,18,19,20,23). The Morgan fingerprint density at radius 2 is 1.96 bits per heavy atom. The van der Waals surface area contributed by atoms with Crippen molar-refractivity contribution in [3.63, 3.8) is 0 Å². The summed E-state index contributed by atoms with van der Waals surface area (Å²) < 4.78 is 0. The molecule has 0 aliphatic heterocycles. The van der Waals surface area contributed by atoms with Gasteiger partial charge in [0.15, 0.2) is 0 Å². The summed E-state index contributed by atoms with van der Waals surface area (Å²) >= 11 is 5.90. The van der Waals surface area contributed by atoms with Gasteiger partial charge in [0.2, 0.25) is 5.91 Å². The first-order chi connectivity index (χ1) is 11.4. The van der Waals surface area contributed by atoms with Crippen LogP contribution in [-0.4, -0.2) is 26.8 Å². The Kier molecular flexibility index (Phi) is 4.17. The number of aromatic amines is 1. The maximum absolute atomic E-state index is 12.0. The number of H-pyrrole nitrogens is 1. The Labute approximate surface area is 140 Å². The van der Waals surface area contributed by atoms with Gasteiger partial charge in [-0.05, 0) is 18.9 Å². The highest BCUT2D eigenvalue weighted by molar-refractivity contribution is 6.33. The minimum Gasteiger partial charge on any atom is -0.364 e. The average Bonchev–Trinajstić information content (AvgIpc) is 3.35. The molecule has 9 nitrogen and oxygen atoms in total. The molecule has 0 bridgehead atoms. The number of hydrogen-bond donors (Lipinski definition) is 4. The molecule has 0 radical (unpaired) electrons. The number of nitrogens with one attached hydrogen (secondary N) is 3. The Morgan fingerprint density at radius 1 is 1.25 bits per heavy atom. The number of hydrogen-bond acceptors (Lipinski definition) is 6. The van der Waals surface area contributed by atoms with Gasteiger partial charge in [0.1, 0.15) is 29.3 Å². The zero-order chi connectivity index (χ0) is 17.3. The largest absolute Gasteiger partial charge is 0.364 e. The molecule has 5 N–H and O–H groups in total. The molecule has 1 aliphatic rings. The predicted octanol–water partition coefficient (Wildman–Crippen LogP) is 1.01. The molecule has 24 heavy (non-hydrogen) atoms. The zero-order valence-corrected chi connectivity index (χ0v) is 13.1. The number of halogens is 1. The molecule has 0 saturated heterocycles. The number of amides is 2. The molecule has 1 saturated carbocycles. The van der Waals surface area contributed by atoms with Crippen LogP contribution in [0.3, 0.4) is 0 Å². The summed E-state index contributed by atoms with van der Waals surface area (Å²) in [7, 11) is 0. The molecule has 0 spiro atoms. The Balaban J connectivity index is 1.81. The van der Waals surface area contributed by atoms with Gasteiger partial charge < -0.3 is 21.4 Å². The molecule has 2 aromatic rings. The highest BCUT2D eigenvalue weighted by Gasteiger charge is 2.29. The number of anilines is 3. The average molecular weight is 349 g/mol. The summed E-state index contributed by atoms with van der Waals surface area (Å²) in [5, 5.41) is 5.43. The highest BCUT2D eigenvalue weighted by atomic mass is 35.5. The van der Waals surface area contributed by atoms with Gasteiger partial charge in [-0.15, -0.1) is 0 Å². The van der Waals surface area contributed by atoms with Gasteiger partial charge in [-0.1, -0.05) is 11.6 Å². The third kappa shape index (κ3) is 3.51. The Hall–Kier alpha value is -2.94. The number of nitrogens with two attached hydrogens (primary N) is 1. The van der Waals surface area contributed by atoms with E-state index in [9.17, 15) is 14.4 Å². The van der Waals surface area contributed by atoms with E-state index in [4.69, 9.17) is 17.3 Å². The highest BCUT2D eigenvalue weighted by Crippen LogP contribution is 2.30. The minimum atomic E-state index is -0.837. The molecular formula is C14H13ClN6O3. The zero-order valence-electron chi connectivity index (χ0n) is 12.3. The van der Waals surface area contributed by atoms with Crippen molar-refractivity contribution in [2.75, 3.05) is 10.6 Å². The topological polar surface area (TPSA) is 143 Å². The first-order valence-electron chi connectivity index (χ1n) is 7.06. The molecule has 10 heteroatoms. The Bertz CT molecular complexity index is 877. The SMILES string of the molecule is NC(=O)c1[nH]c(=O)c(Nc2cc(NC(=O)C3CC3)ncn2)cc1Cl. The van der Waals surface area contributed by atoms with Gasteiger partial charge in [0.05, 0.1) is 5.02 Å². The summed E-state index contributed by atoms with van der Waals surface area (Å²) in [4.78, 5) is 45.1. The van der Waals surface area contributed by atoms with E-state index < -0.39 is 11.5 Å². The van der Waals surface area contributed by atoms with Gasteiger partial charge >= 0.3 is 0 Å². The molecule has 0 aromatic carbocycles. The van der Waals surface area contributed by atoms with Crippen molar-refractivity contribution >= 4 is 40.7 Å². The normalized spacial score (nSPS) is 13.4. The van der Waals surface area contributed by atoms with Crippen LogP contribution >= 0.6 is 11.6 Å². The van der Waals surface area contributed by atoms with E-state index in [1.54, 1.807) is 0 Å². The number of carbonyl (C=O) groups is 2. The first-order valence-corrected chi connectivity index (χ1v) is 7.44. The van der Waals surface area contributed by atoms with E-state index in [2.05, 4.69) is 25.6 Å². The van der Waals surface area contributed by atoms with Crippen LogP contribution in [0.5, 0.6) is 0 Å². The maximum atomic E-state index is 12.0. The van der Waals surface area contributed by atoms with Crippen LogP contribution in [0, 0.1) is 5.92 Å². The smallest absolute Gasteiger partial charge is 0.272 e. The summed E-state index contributed by atoms with van der Waals surface area (Å²) in [6, 6.07) is 2.75.